The molecular formula is C13H18N4. The van der Waals surface area contributed by atoms with E-state index in [1.807, 2.05) is 4.68 Å². The zero-order valence-corrected chi connectivity index (χ0v) is 10.6. The van der Waals surface area contributed by atoms with Crippen LogP contribution in [0.15, 0.2) is 18.2 Å². The Hall–Kier alpha value is -1.68. The molecule has 17 heavy (non-hydrogen) atoms. The maximum absolute atomic E-state index is 5.67. The predicted molar refractivity (Wildman–Crippen MR) is 68.1 cm³/mol. The highest BCUT2D eigenvalue weighted by Crippen LogP contribution is 2.18. The van der Waals surface area contributed by atoms with Crippen molar-refractivity contribution in [2.45, 2.75) is 33.7 Å². The van der Waals surface area contributed by atoms with Crippen LogP contribution in [0.1, 0.15) is 29.4 Å². The SMILES string of the molecule is CCc1c(CN)nnn1-c1cc(C)ccc1C. The van der Waals surface area contributed by atoms with Gasteiger partial charge in [-0.25, -0.2) is 4.68 Å². The number of nitrogens with zero attached hydrogens (tertiary/aromatic N) is 3. The summed E-state index contributed by atoms with van der Waals surface area (Å²) < 4.78 is 1.91. The third kappa shape index (κ3) is 2.08. The minimum atomic E-state index is 0.439. The second-order valence-corrected chi connectivity index (χ2v) is 4.24. The maximum atomic E-state index is 5.67. The van der Waals surface area contributed by atoms with E-state index in [1.165, 1.54) is 11.1 Å². The van der Waals surface area contributed by atoms with E-state index in [1.54, 1.807) is 0 Å². The Morgan fingerprint density at radius 1 is 1.29 bits per heavy atom. The van der Waals surface area contributed by atoms with Crippen molar-refractivity contribution in [3.8, 4) is 5.69 Å². The highest BCUT2D eigenvalue weighted by atomic mass is 15.4. The van der Waals surface area contributed by atoms with Gasteiger partial charge < -0.3 is 5.73 Å². The van der Waals surface area contributed by atoms with Crippen molar-refractivity contribution in [3.63, 3.8) is 0 Å². The van der Waals surface area contributed by atoms with Crippen molar-refractivity contribution in [3.05, 3.63) is 40.7 Å². The fraction of sp³-hybridized carbons (Fsp3) is 0.385. The summed E-state index contributed by atoms with van der Waals surface area (Å²) in [5, 5.41) is 8.36. The zero-order valence-electron chi connectivity index (χ0n) is 10.6. The van der Waals surface area contributed by atoms with Crippen molar-refractivity contribution >= 4 is 0 Å². The molecule has 90 valence electrons. The number of rotatable bonds is 3. The Morgan fingerprint density at radius 2 is 2.06 bits per heavy atom. The second-order valence-electron chi connectivity index (χ2n) is 4.24. The van der Waals surface area contributed by atoms with Crippen LogP contribution in [0.4, 0.5) is 0 Å². The monoisotopic (exact) mass is 230 g/mol. The molecule has 0 aliphatic heterocycles. The van der Waals surface area contributed by atoms with Gasteiger partial charge in [0.2, 0.25) is 0 Å². The van der Waals surface area contributed by atoms with E-state index < -0.39 is 0 Å². The molecule has 0 spiro atoms. The van der Waals surface area contributed by atoms with Crippen LogP contribution in [0.3, 0.4) is 0 Å². The minimum Gasteiger partial charge on any atom is -0.325 e. The first-order valence-electron chi connectivity index (χ1n) is 5.88. The van der Waals surface area contributed by atoms with Crippen molar-refractivity contribution in [2.75, 3.05) is 0 Å². The Bertz CT molecular complexity index is 528. The molecule has 1 aromatic heterocycles. The van der Waals surface area contributed by atoms with Gasteiger partial charge in [0.25, 0.3) is 0 Å². The lowest BCUT2D eigenvalue weighted by molar-refractivity contribution is 0.762. The van der Waals surface area contributed by atoms with E-state index in [4.69, 9.17) is 5.73 Å². The summed E-state index contributed by atoms with van der Waals surface area (Å²) in [6.07, 6.45) is 0.882. The molecule has 0 fully saturated rings. The summed E-state index contributed by atoms with van der Waals surface area (Å²) in [7, 11) is 0. The average Bonchev–Trinajstić information content (AvgIpc) is 2.74. The van der Waals surface area contributed by atoms with E-state index in [2.05, 4.69) is 49.3 Å². The van der Waals surface area contributed by atoms with Gasteiger partial charge in [-0.05, 0) is 37.5 Å². The Morgan fingerprint density at radius 3 is 2.71 bits per heavy atom. The first kappa shape index (κ1) is 11.8. The summed E-state index contributed by atoms with van der Waals surface area (Å²) in [6, 6.07) is 6.34. The molecule has 4 nitrogen and oxygen atoms in total. The maximum Gasteiger partial charge on any atom is 0.0999 e. The normalized spacial score (nSPS) is 10.8. The number of aryl methyl sites for hydroxylation is 2. The number of hydrogen-bond donors (Lipinski definition) is 1. The second kappa shape index (κ2) is 4.67. The number of hydrogen-bond acceptors (Lipinski definition) is 3. The van der Waals surface area contributed by atoms with Gasteiger partial charge in [-0.2, -0.15) is 0 Å². The molecule has 2 N–H and O–H groups in total. The first-order chi connectivity index (χ1) is 8.17. The fourth-order valence-electron chi connectivity index (χ4n) is 1.99. The van der Waals surface area contributed by atoms with Crippen LogP contribution in [0.5, 0.6) is 0 Å². The Kier molecular flexibility index (Phi) is 3.24. The van der Waals surface area contributed by atoms with Crippen LogP contribution >= 0.6 is 0 Å². The van der Waals surface area contributed by atoms with Crippen molar-refractivity contribution in [2.24, 2.45) is 5.73 Å². The van der Waals surface area contributed by atoms with Gasteiger partial charge in [0, 0.05) is 6.54 Å². The molecule has 0 saturated carbocycles. The summed E-state index contributed by atoms with van der Waals surface area (Å²) in [5.74, 6) is 0. The zero-order chi connectivity index (χ0) is 12.4. The van der Waals surface area contributed by atoms with Crippen molar-refractivity contribution in [1.29, 1.82) is 0 Å². The lowest BCUT2D eigenvalue weighted by Gasteiger charge is -2.09. The van der Waals surface area contributed by atoms with E-state index in [0.29, 0.717) is 6.54 Å². The van der Waals surface area contributed by atoms with Crippen LogP contribution < -0.4 is 5.73 Å². The van der Waals surface area contributed by atoms with E-state index >= 15 is 0 Å². The quantitative estimate of drug-likeness (QED) is 0.876. The van der Waals surface area contributed by atoms with Crippen LogP contribution in [-0.2, 0) is 13.0 Å². The molecular weight excluding hydrogens is 212 g/mol. The van der Waals surface area contributed by atoms with Gasteiger partial charge in [-0.1, -0.05) is 24.3 Å². The molecule has 0 aliphatic rings. The lowest BCUT2D eigenvalue weighted by atomic mass is 10.1. The van der Waals surface area contributed by atoms with E-state index in [-0.39, 0.29) is 0 Å². The number of nitrogens with two attached hydrogens (primary N) is 1. The molecule has 1 aromatic carbocycles. The molecule has 0 radical (unpaired) electrons. The Balaban J connectivity index is 2.59. The highest BCUT2D eigenvalue weighted by molar-refractivity contribution is 5.43. The minimum absolute atomic E-state index is 0.439. The fourth-order valence-corrected chi connectivity index (χ4v) is 1.99. The van der Waals surface area contributed by atoms with Crippen LogP contribution in [0.25, 0.3) is 5.69 Å². The topological polar surface area (TPSA) is 56.7 Å². The van der Waals surface area contributed by atoms with Gasteiger partial charge in [0.15, 0.2) is 0 Å². The largest absolute Gasteiger partial charge is 0.325 e. The highest BCUT2D eigenvalue weighted by Gasteiger charge is 2.12. The summed E-state index contributed by atoms with van der Waals surface area (Å²) in [6.45, 7) is 6.70. The molecule has 0 unspecified atom stereocenters. The summed E-state index contributed by atoms with van der Waals surface area (Å²) in [5.41, 5.74) is 11.2. The van der Waals surface area contributed by atoms with Crippen LogP contribution in [0, 0.1) is 13.8 Å². The summed E-state index contributed by atoms with van der Waals surface area (Å²) >= 11 is 0. The number of aromatic nitrogens is 3. The molecule has 0 atom stereocenters. The van der Waals surface area contributed by atoms with Gasteiger partial charge in [0.1, 0.15) is 0 Å². The molecule has 0 aliphatic carbocycles. The van der Waals surface area contributed by atoms with Crippen molar-refractivity contribution < 1.29 is 0 Å². The van der Waals surface area contributed by atoms with Gasteiger partial charge in [-0.15, -0.1) is 5.10 Å². The third-order valence-electron chi connectivity index (χ3n) is 2.96. The predicted octanol–water partition coefficient (Wildman–Crippen LogP) is 1.91. The van der Waals surface area contributed by atoms with Crippen LogP contribution in [-0.4, -0.2) is 15.0 Å². The van der Waals surface area contributed by atoms with Gasteiger partial charge in [-0.3, -0.25) is 0 Å². The van der Waals surface area contributed by atoms with Crippen LogP contribution in [0.2, 0.25) is 0 Å². The average molecular weight is 230 g/mol. The van der Waals surface area contributed by atoms with E-state index in [0.717, 1.165) is 23.5 Å². The molecule has 2 rings (SSSR count). The van der Waals surface area contributed by atoms with Gasteiger partial charge >= 0.3 is 0 Å². The number of benzene rings is 1. The molecule has 0 bridgehead atoms. The standard InChI is InChI=1S/C13H18N4/c1-4-12-11(8-14)15-16-17(12)13-7-9(2)5-6-10(13)3/h5-7H,4,8,14H2,1-3H3. The molecule has 2 aromatic rings. The molecule has 0 amide bonds. The molecule has 1 heterocycles. The lowest BCUT2D eigenvalue weighted by Crippen LogP contribution is -2.06. The molecule has 0 saturated heterocycles. The van der Waals surface area contributed by atoms with E-state index in [9.17, 15) is 0 Å². The third-order valence-corrected chi connectivity index (χ3v) is 2.96. The van der Waals surface area contributed by atoms with Gasteiger partial charge in [0.05, 0.1) is 17.1 Å². The Labute approximate surface area is 101 Å². The molecule has 4 heteroatoms. The smallest absolute Gasteiger partial charge is 0.0999 e. The first-order valence-corrected chi connectivity index (χ1v) is 5.88. The van der Waals surface area contributed by atoms with Crippen molar-refractivity contribution in [1.82, 2.24) is 15.0 Å². The summed E-state index contributed by atoms with van der Waals surface area (Å²) in [4.78, 5) is 0.